The Morgan fingerprint density at radius 1 is 0.881 bits per heavy atom. The second-order valence-corrected chi connectivity index (χ2v) is 11.1. The number of fused-ring (bicyclic) bond motifs is 1. The number of hydrogen-bond donors (Lipinski definition) is 1. The molecule has 2 atom stereocenters. The van der Waals surface area contributed by atoms with Crippen LogP contribution in [0, 0.1) is 0 Å². The Morgan fingerprint density at radius 3 is 1.98 bits per heavy atom. The van der Waals surface area contributed by atoms with E-state index in [0.29, 0.717) is 13.1 Å². The van der Waals surface area contributed by atoms with Gasteiger partial charge in [0.15, 0.2) is 0 Å². The SMILES string of the molecule is C=CC(=O)N1C[C@H](Nc2ncnc3c2ccn3C(c2ccccc2)(c2ccccc2)c2ccccc2)C[C@H](N(C)C)C1. The molecule has 0 bridgehead atoms. The van der Waals surface area contributed by atoms with E-state index in [4.69, 9.17) is 9.97 Å². The molecule has 1 N–H and O–H groups in total. The predicted octanol–water partition coefficient (Wildman–Crippen LogP) is 5.40. The van der Waals surface area contributed by atoms with Gasteiger partial charge in [0.05, 0.1) is 5.39 Å². The number of aromatic nitrogens is 3. The number of amides is 1. The summed E-state index contributed by atoms with van der Waals surface area (Å²) in [5.74, 6) is 0.711. The van der Waals surface area contributed by atoms with Crippen LogP contribution in [0.5, 0.6) is 0 Å². The van der Waals surface area contributed by atoms with Crippen molar-refractivity contribution in [2.24, 2.45) is 0 Å². The zero-order valence-corrected chi connectivity index (χ0v) is 24.1. The second-order valence-electron chi connectivity index (χ2n) is 11.1. The molecule has 0 radical (unpaired) electrons. The fraction of sp³-hybridized carbons (Fsp3) is 0.229. The van der Waals surface area contributed by atoms with Crippen LogP contribution >= 0.6 is 0 Å². The minimum absolute atomic E-state index is 0.0265. The Kier molecular flexibility index (Phi) is 7.59. The van der Waals surface area contributed by atoms with Crippen LogP contribution in [0.25, 0.3) is 11.0 Å². The van der Waals surface area contributed by atoms with E-state index < -0.39 is 5.54 Å². The number of rotatable bonds is 8. The van der Waals surface area contributed by atoms with E-state index in [1.165, 1.54) is 6.08 Å². The number of anilines is 1. The van der Waals surface area contributed by atoms with Crippen molar-refractivity contribution in [3.63, 3.8) is 0 Å². The molecule has 2 aromatic heterocycles. The molecule has 3 aromatic carbocycles. The van der Waals surface area contributed by atoms with Crippen molar-refractivity contribution in [3.8, 4) is 0 Å². The van der Waals surface area contributed by atoms with Crippen LogP contribution in [-0.4, -0.2) is 69.5 Å². The molecule has 0 unspecified atom stereocenters. The molecule has 42 heavy (non-hydrogen) atoms. The predicted molar refractivity (Wildman–Crippen MR) is 168 cm³/mol. The van der Waals surface area contributed by atoms with Gasteiger partial charge in [-0.15, -0.1) is 0 Å². The van der Waals surface area contributed by atoms with Gasteiger partial charge in [-0.1, -0.05) is 97.6 Å². The maximum atomic E-state index is 12.6. The lowest BCUT2D eigenvalue weighted by molar-refractivity contribution is -0.128. The van der Waals surface area contributed by atoms with Gasteiger partial charge in [0.25, 0.3) is 0 Å². The van der Waals surface area contributed by atoms with Gasteiger partial charge in [0.2, 0.25) is 5.91 Å². The number of nitrogens with zero attached hydrogens (tertiary/aromatic N) is 5. The van der Waals surface area contributed by atoms with Gasteiger partial charge >= 0.3 is 0 Å². The highest BCUT2D eigenvalue weighted by molar-refractivity contribution is 5.89. The molecule has 7 nitrogen and oxygen atoms in total. The molecule has 6 rings (SSSR count). The van der Waals surface area contributed by atoms with Crippen LogP contribution in [0.2, 0.25) is 0 Å². The Balaban J connectivity index is 1.50. The maximum Gasteiger partial charge on any atom is 0.246 e. The van der Waals surface area contributed by atoms with E-state index in [1.807, 2.05) is 23.1 Å². The number of carbonyl (C=O) groups excluding carboxylic acids is 1. The van der Waals surface area contributed by atoms with Crippen LogP contribution < -0.4 is 5.32 Å². The minimum atomic E-state index is -0.675. The van der Waals surface area contributed by atoms with Crippen molar-refractivity contribution in [2.75, 3.05) is 32.5 Å². The summed E-state index contributed by atoms with van der Waals surface area (Å²) < 4.78 is 2.27. The first-order chi connectivity index (χ1) is 20.5. The fourth-order valence-corrected chi connectivity index (χ4v) is 6.35. The van der Waals surface area contributed by atoms with Crippen LogP contribution in [-0.2, 0) is 10.3 Å². The normalized spacial score (nSPS) is 17.4. The molecule has 1 fully saturated rings. The Morgan fingerprint density at radius 2 is 1.45 bits per heavy atom. The van der Waals surface area contributed by atoms with E-state index in [-0.39, 0.29) is 18.0 Å². The van der Waals surface area contributed by atoms with E-state index in [2.05, 4.69) is 121 Å². The van der Waals surface area contributed by atoms with Gasteiger partial charge in [-0.25, -0.2) is 9.97 Å². The van der Waals surface area contributed by atoms with Gasteiger partial charge in [-0.05, 0) is 49.3 Å². The summed E-state index contributed by atoms with van der Waals surface area (Å²) in [5, 5.41) is 4.61. The van der Waals surface area contributed by atoms with Crippen LogP contribution in [0.15, 0.2) is 122 Å². The molecule has 1 aliphatic heterocycles. The quantitative estimate of drug-likeness (QED) is 0.205. The lowest BCUT2D eigenvalue weighted by Crippen LogP contribution is -2.54. The molecule has 1 aliphatic rings. The highest BCUT2D eigenvalue weighted by atomic mass is 16.2. The molecule has 3 heterocycles. The number of likely N-dealkylation sites (tertiary alicyclic amines) is 1. The number of likely N-dealkylation sites (N-methyl/N-ethyl adjacent to an activating group) is 1. The molecule has 7 heteroatoms. The summed E-state index contributed by atoms with van der Waals surface area (Å²) in [6.45, 7) is 4.97. The molecule has 1 saturated heterocycles. The highest BCUT2D eigenvalue weighted by Crippen LogP contribution is 2.43. The van der Waals surface area contributed by atoms with Crippen molar-refractivity contribution >= 4 is 22.8 Å². The van der Waals surface area contributed by atoms with Gasteiger partial charge in [-0.2, -0.15) is 0 Å². The minimum Gasteiger partial charge on any atom is -0.365 e. The summed E-state index contributed by atoms with van der Waals surface area (Å²) in [6, 6.07) is 34.1. The zero-order chi connectivity index (χ0) is 29.1. The average molecular weight is 557 g/mol. The molecule has 212 valence electrons. The van der Waals surface area contributed by atoms with E-state index in [9.17, 15) is 4.79 Å². The summed E-state index contributed by atoms with van der Waals surface area (Å²) in [7, 11) is 4.12. The molecule has 5 aromatic rings. The average Bonchev–Trinajstić information content (AvgIpc) is 3.48. The van der Waals surface area contributed by atoms with Gasteiger partial charge in [0, 0.05) is 31.4 Å². The zero-order valence-electron chi connectivity index (χ0n) is 24.1. The van der Waals surface area contributed by atoms with E-state index in [1.54, 1.807) is 6.33 Å². The Bertz CT molecular complexity index is 1570. The van der Waals surface area contributed by atoms with Gasteiger partial charge < -0.3 is 19.7 Å². The number of hydrogen-bond acceptors (Lipinski definition) is 5. The molecule has 1 amide bonds. The molecular weight excluding hydrogens is 520 g/mol. The first kappa shape index (κ1) is 27.4. The van der Waals surface area contributed by atoms with Crippen molar-refractivity contribution in [3.05, 3.63) is 139 Å². The Hall–Kier alpha value is -4.75. The maximum absolute atomic E-state index is 12.6. The largest absolute Gasteiger partial charge is 0.365 e. The third-order valence-electron chi connectivity index (χ3n) is 8.40. The lowest BCUT2D eigenvalue weighted by atomic mass is 9.76. The number of nitrogens with one attached hydrogen (secondary N) is 1. The van der Waals surface area contributed by atoms with E-state index in [0.717, 1.165) is 40.0 Å². The Labute approximate surface area is 247 Å². The van der Waals surface area contributed by atoms with E-state index >= 15 is 0 Å². The van der Waals surface area contributed by atoms with Gasteiger partial charge in [0.1, 0.15) is 23.3 Å². The summed E-state index contributed by atoms with van der Waals surface area (Å²) in [6.07, 6.45) is 6.04. The van der Waals surface area contributed by atoms with Crippen molar-refractivity contribution in [2.45, 2.75) is 24.0 Å². The van der Waals surface area contributed by atoms with Crippen molar-refractivity contribution in [1.29, 1.82) is 0 Å². The first-order valence-corrected chi connectivity index (χ1v) is 14.4. The third-order valence-corrected chi connectivity index (χ3v) is 8.40. The van der Waals surface area contributed by atoms with Crippen LogP contribution in [0.4, 0.5) is 5.82 Å². The van der Waals surface area contributed by atoms with Gasteiger partial charge in [-0.3, -0.25) is 4.79 Å². The highest BCUT2D eigenvalue weighted by Gasteiger charge is 2.39. The van der Waals surface area contributed by atoms with Crippen LogP contribution in [0.3, 0.4) is 0 Å². The molecule has 0 saturated carbocycles. The lowest BCUT2D eigenvalue weighted by Gasteiger charge is -2.40. The first-order valence-electron chi connectivity index (χ1n) is 14.4. The number of carbonyl (C=O) groups is 1. The standard InChI is InChI=1S/C35H36N6O/c1-4-32(42)40-23-29(22-30(24-40)39(2)3)38-33-31-20-21-41(34(31)37-25-36-33)35(26-14-8-5-9-15-26,27-16-10-6-11-17-27)28-18-12-7-13-19-28/h4-21,25,29-30H,1,22-24H2,2-3H3,(H,36,37,38)/t29-,30+/m1/s1. The number of piperidine rings is 1. The number of benzene rings is 3. The van der Waals surface area contributed by atoms with Crippen molar-refractivity contribution in [1.82, 2.24) is 24.3 Å². The molecule has 0 spiro atoms. The smallest absolute Gasteiger partial charge is 0.246 e. The third kappa shape index (κ3) is 4.86. The summed E-state index contributed by atoms with van der Waals surface area (Å²) >= 11 is 0. The van der Waals surface area contributed by atoms with Crippen molar-refractivity contribution < 1.29 is 4.79 Å². The summed E-state index contributed by atoms with van der Waals surface area (Å²) in [5.41, 5.74) is 3.54. The fourth-order valence-electron chi connectivity index (χ4n) is 6.35. The second kappa shape index (κ2) is 11.6. The monoisotopic (exact) mass is 556 g/mol. The summed E-state index contributed by atoms with van der Waals surface area (Å²) in [4.78, 5) is 26.2. The van der Waals surface area contributed by atoms with Crippen LogP contribution in [0.1, 0.15) is 23.1 Å². The molecular formula is C35H36N6O. The molecule has 0 aliphatic carbocycles. The topological polar surface area (TPSA) is 66.3 Å².